The maximum atomic E-state index is 12.4. The Kier molecular flexibility index (Phi) is 6.78. The predicted molar refractivity (Wildman–Crippen MR) is 84.8 cm³/mol. The van der Waals surface area contributed by atoms with E-state index in [4.69, 9.17) is 9.47 Å². The molecule has 9 heteroatoms. The Morgan fingerprint density at radius 1 is 1.27 bits per heavy atom. The summed E-state index contributed by atoms with van der Waals surface area (Å²) in [6, 6.07) is 0. The van der Waals surface area contributed by atoms with Crippen molar-refractivity contribution in [3.05, 3.63) is 15.7 Å². The minimum Gasteiger partial charge on any atom is -0.464 e. The number of rotatable bonds is 7. The number of hydrogen-bond acceptors (Lipinski definition) is 6. The van der Waals surface area contributed by atoms with Crippen LogP contribution in [-0.4, -0.2) is 46.6 Å². The third-order valence-electron chi connectivity index (χ3n) is 2.69. The fourth-order valence-electron chi connectivity index (χ4n) is 1.89. The molecule has 0 aliphatic heterocycles. The van der Waals surface area contributed by atoms with Gasteiger partial charge in [-0.3, -0.25) is 4.79 Å². The smallest absolute Gasteiger partial charge is 0.344 e. The van der Waals surface area contributed by atoms with Crippen LogP contribution in [0.15, 0.2) is 6.20 Å². The van der Waals surface area contributed by atoms with E-state index in [1.54, 1.807) is 13.8 Å². The van der Waals surface area contributed by atoms with E-state index in [2.05, 4.69) is 15.3 Å². The van der Waals surface area contributed by atoms with Crippen LogP contribution < -0.4 is 5.32 Å². The zero-order chi connectivity index (χ0) is 16.8. The highest BCUT2D eigenvalue weighted by molar-refractivity contribution is 14.1. The number of carbonyl (C=O) groups is 3. The molecule has 1 aromatic heterocycles. The summed E-state index contributed by atoms with van der Waals surface area (Å²) in [5, 5.41) is 2.38. The Balaban J connectivity index is 3.25. The lowest BCUT2D eigenvalue weighted by Crippen LogP contribution is -2.62. The van der Waals surface area contributed by atoms with E-state index >= 15 is 0 Å². The second kappa shape index (κ2) is 8.11. The summed E-state index contributed by atoms with van der Waals surface area (Å²) >= 11 is 1.96. The second-order valence-electron chi connectivity index (χ2n) is 4.40. The highest BCUT2D eigenvalue weighted by Crippen LogP contribution is 2.18. The van der Waals surface area contributed by atoms with Gasteiger partial charge in [-0.15, -0.1) is 0 Å². The van der Waals surface area contributed by atoms with Crippen LogP contribution in [0.3, 0.4) is 0 Å². The first-order valence-electron chi connectivity index (χ1n) is 6.68. The van der Waals surface area contributed by atoms with Crippen LogP contribution in [0, 0.1) is 3.83 Å². The number of aromatic amines is 1. The first-order valence-corrected chi connectivity index (χ1v) is 7.76. The van der Waals surface area contributed by atoms with Gasteiger partial charge in [0.1, 0.15) is 0 Å². The molecule has 0 saturated carbocycles. The number of aromatic nitrogens is 2. The van der Waals surface area contributed by atoms with Crippen molar-refractivity contribution in [2.75, 3.05) is 13.2 Å². The lowest BCUT2D eigenvalue weighted by Gasteiger charge is -2.29. The van der Waals surface area contributed by atoms with Gasteiger partial charge in [-0.25, -0.2) is 14.6 Å². The molecule has 1 amide bonds. The van der Waals surface area contributed by atoms with E-state index in [0.29, 0.717) is 9.53 Å². The van der Waals surface area contributed by atoms with Crippen LogP contribution in [0.1, 0.15) is 26.5 Å². The quantitative estimate of drug-likeness (QED) is 0.377. The Hall–Kier alpha value is -1.65. The molecule has 1 aromatic rings. The number of nitrogens with one attached hydrogen (secondary N) is 2. The first kappa shape index (κ1) is 18.4. The molecule has 8 nitrogen and oxygen atoms in total. The van der Waals surface area contributed by atoms with Crippen LogP contribution >= 0.6 is 22.6 Å². The van der Waals surface area contributed by atoms with Crippen molar-refractivity contribution in [2.45, 2.75) is 32.7 Å². The van der Waals surface area contributed by atoms with E-state index in [0.717, 1.165) is 0 Å². The highest BCUT2D eigenvalue weighted by atomic mass is 127. The van der Waals surface area contributed by atoms with Crippen LogP contribution in [0.25, 0.3) is 0 Å². The molecule has 0 spiro atoms. The van der Waals surface area contributed by atoms with Crippen molar-refractivity contribution in [3.8, 4) is 0 Å². The van der Waals surface area contributed by atoms with E-state index in [-0.39, 0.29) is 19.6 Å². The molecule has 22 heavy (non-hydrogen) atoms. The largest absolute Gasteiger partial charge is 0.464 e. The molecule has 0 fully saturated rings. The number of carbonyl (C=O) groups excluding carboxylic acids is 3. The summed E-state index contributed by atoms with van der Waals surface area (Å²) in [6.07, 6.45) is 1.34. The first-order chi connectivity index (χ1) is 10.4. The van der Waals surface area contributed by atoms with Crippen molar-refractivity contribution in [2.24, 2.45) is 0 Å². The summed E-state index contributed by atoms with van der Waals surface area (Å²) in [5.74, 6) is -2.28. The van der Waals surface area contributed by atoms with Gasteiger partial charge in [0, 0.05) is 25.2 Å². The van der Waals surface area contributed by atoms with Crippen molar-refractivity contribution in [3.63, 3.8) is 0 Å². The average Bonchev–Trinajstić information content (AvgIpc) is 2.83. The minimum absolute atomic E-state index is 0.0695. The number of nitrogens with zero attached hydrogens (tertiary/aromatic N) is 1. The molecular weight excluding hydrogens is 405 g/mol. The fourth-order valence-corrected chi connectivity index (χ4v) is 2.38. The molecule has 2 N–H and O–H groups in total. The van der Waals surface area contributed by atoms with Crippen molar-refractivity contribution in [1.82, 2.24) is 15.3 Å². The van der Waals surface area contributed by atoms with Gasteiger partial charge in [-0.05, 0) is 36.4 Å². The van der Waals surface area contributed by atoms with E-state index in [1.807, 2.05) is 22.6 Å². The Bertz CT molecular complexity index is 540. The number of hydrogen-bond donors (Lipinski definition) is 2. The van der Waals surface area contributed by atoms with Gasteiger partial charge in [0.15, 0.2) is 3.83 Å². The SMILES string of the molecule is CCOC(=O)C(Cc1cnc(I)[nH]1)(NC(C)=O)C(=O)OCC. The number of amides is 1. The summed E-state index contributed by atoms with van der Waals surface area (Å²) in [4.78, 5) is 43.1. The third kappa shape index (κ3) is 4.42. The Labute approximate surface area is 141 Å². The van der Waals surface area contributed by atoms with E-state index in [9.17, 15) is 14.4 Å². The fraction of sp³-hybridized carbons (Fsp3) is 0.538. The summed E-state index contributed by atoms with van der Waals surface area (Å²) in [6.45, 7) is 4.57. The zero-order valence-electron chi connectivity index (χ0n) is 12.6. The maximum absolute atomic E-state index is 12.4. The van der Waals surface area contributed by atoms with E-state index < -0.39 is 23.4 Å². The molecule has 122 valence electrons. The molecule has 0 atom stereocenters. The number of H-pyrrole nitrogens is 1. The maximum Gasteiger partial charge on any atom is 0.344 e. The number of halogens is 1. The number of ether oxygens (including phenoxy) is 2. The van der Waals surface area contributed by atoms with Gasteiger partial charge in [-0.2, -0.15) is 0 Å². The zero-order valence-corrected chi connectivity index (χ0v) is 14.7. The molecule has 0 aromatic carbocycles. The monoisotopic (exact) mass is 423 g/mol. The van der Waals surface area contributed by atoms with Gasteiger partial charge < -0.3 is 19.8 Å². The van der Waals surface area contributed by atoms with Crippen molar-refractivity contribution < 1.29 is 23.9 Å². The standard InChI is InChI=1S/C13H18IN3O5/c1-4-21-10(19)13(17-8(3)18,11(20)22-5-2)6-9-7-15-12(14)16-9/h7H,4-6H2,1-3H3,(H,15,16)(H,17,18). The van der Waals surface area contributed by atoms with Crippen molar-refractivity contribution >= 4 is 40.4 Å². The van der Waals surface area contributed by atoms with Crippen molar-refractivity contribution in [1.29, 1.82) is 0 Å². The summed E-state index contributed by atoms with van der Waals surface area (Å²) in [7, 11) is 0. The molecule has 0 unspecified atom stereocenters. The highest BCUT2D eigenvalue weighted by Gasteiger charge is 2.50. The molecule has 1 heterocycles. The third-order valence-corrected chi connectivity index (χ3v) is 3.24. The molecule has 0 aliphatic carbocycles. The van der Waals surface area contributed by atoms with Crippen LogP contribution in [0.2, 0.25) is 0 Å². The lowest BCUT2D eigenvalue weighted by atomic mass is 9.93. The van der Waals surface area contributed by atoms with Gasteiger partial charge in [0.25, 0.3) is 0 Å². The number of esters is 2. The number of imidazole rings is 1. The molecular formula is C13H18IN3O5. The predicted octanol–water partition coefficient (Wildman–Crippen LogP) is 0.558. The molecule has 0 bridgehead atoms. The molecule has 0 aliphatic rings. The minimum atomic E-state index is -1.94. The van der Waals surface area contributed by atoms with Gasteiger partial charge in [0.05, 0.1) is 13.2 Å². The molecule has 1 rings (SSSR count). The molecule has 0 radical (unpaired) electrons. The van der Waals surface area contributed by atoms with Crippen LogP contribution in [0.4, 0.5) is 0 Å². The second-order valence-corrected chi connectivity index (χ2v) is 5.43. The average molecular weight is 423 g/mol. The topological polar surface area (TPSA) is 110 Å². The van der Waals surface area contributed by atoms with Crippen LogP contribution in [-0.2, 0) is 30.3 Å². The van der Waals surface area contributed by atoms with Gasteiger partial charge in [-0.1, -0.05) is 0 Å². The van der Waals surface area contributed by atoms with Gasteiger partial charge in [0.2, 0.25) is 11.4 Å². The van der Waals surface area contributed by atoms with Gasteiger partial charge >= 0.3 is 11.9 Å². The molecule has 0 saturated heterocycles. The normalized spacial score (nSPS) is 10.9. The lowest BCUT2D eigenvalue weighted by molar-refractivity contribution is -0.168. The summed E-state index contributed by atoms with van der Waals surface area (Å²) < 4.78 is 10.5. The summed E-state index contributed by atoms with van der Waals surface area (Å²) in [5.41, 5.74) is -1.44. The Morgan fingerprint density at radius 3 is 2.18 bits per heavy atom. The van der Waals surface area contributed by atoms with Crippen LogP contribution in [0.5, 0.6) is 0 Å². The van der Waals surface area contributed by atoms with E-state index in [1.165, 1.54) is 13.1 Å². The Morgan fingerprint density at radius 2 is 1.82 bits per heavy atom.